The Morgan fingerprint density at radius 1 is 1.30 bits per heavy atom. The molecule has 1 N–H and O–H groups in total. The molecule has 3 amide bonds. The number of amides is 3. The number of hydrogen-bond donors (Lipinski definition) is 1. The zero-order chi connectivity index (χ0) is 21.9. The average Bonchev–Trinajstić information content (AvgIpc) is 3.00. The Balaban J connectivity index is 1.80. The number of halogens is 3. The van der Waals surface area contributed by atoms with Crippen LogP contribution >= 0.6 is 0 Å². The van der Waals surface area contributed by atoms with E-state index >= 15 is 0 Å². The number of urea groups is 1. The third-order valence-corrected chi connectivity index (χ3v) is 4.78. The zero-order valence-electron chi connectivity index (χ0n) is 16.6. The highest BCUT2D eigenvalue weighted by Gasteiger charge is 2.35. The summed E-state index contributed by atoms with van der Waals surface area (Å²) in [6.45, 7) is 4.18. The van der Waals surface area contributed by atoms with Gasteiger partial charge in [0.15, 0.2) is 5.82 Å². The van der Waals surface area contributed by atoms with Gasteiger partial charge in [-0.25, -0.2) is 4.79 Å². The SMILES string of the molecule is CCC(=O)N1CCCN(C(=O)Nc2cccc(C(F)(F)F)c2)CC1c1nc(C)no1. The molecule has 1 aromatic heterocycles. The van der Waals surface area contributed by atoms with Crippen molar-refractivity contribution in [2.24, 2.45) is 0 Å². The lowest BCUT2D eigenvalue weighted by molar-refractivity contribution is -0.137. The van der Waals surface area contributed by atoms with Crippen LogP contribution in [0.15, 0.2) is 28.8 Å². The molecule has 1 fully saturated rings. The first-order valence-electron chi connectivity index (χ1n) is 9.52. The highest BCUT2D eigenvalue weighted by Crippen LogP contribution is 2.31. The van der Waals surface area contributed by atoms with Gasteiger partial charge in [0.2, 0.25) is 5.91 Å². The van der Waals surface area contributed by atoms with Crippen LogP contribution in [0.2, 0.25) is 0 Å². The second kappa shape index (κ2) is 8.72. The van der Waals surface area contributed by atoms with Crippen LogP contribution in [-0.2, 0) is 11.0 Å². The van der Waals surface area contributed by atoms with Crippen molar-refractivity contribution in [3.05, 3.63) is 41.5 Å². The Hall–Kier alpha value is -3.11. The number of rotatable bonds is 3. The summed E-state index contributed by atoms with van der Waals surface area (Å²) in [5, 5.41) is 6.27. The predicted octanol–water partition coefficient (Wildman–Crippen LogP) is 3.61. The molecule has 1 saturated heterocycles. The molecule has 1 atom stereocenters. The van der Waals surface area contributed by atoms with Gasteiger partial charge in [0.25, 0.3) is 5.89 Å². The number of hydrogen-bond acceptors (Lipinski definition) is 5. The summed E-state index contributed by atoms with van der Waals surface area (Å²) < 4.78 is 44.0. The third-order valence-electron chi connectivity index (χ3n) is 4.78. The van der Waals surface area contributed by atoms with E-state index in [1.807, 2.05) is 0 Å². The van der Waals surface area contributed by atoms with E-state index in [2.05, 4.69) is 15.5 Å². The van der Waals surface area contributed by atoms with Crippen molar-refractivity contribution < 1.29 is 27.3 Å². The van der Waals surface area contributed by atoms with Gasteiger partial charge in [0, 0.05) is 25.2 Å². The van der Waals surface area contributed by atoms with Gasteiger partial charge in [0.05, 0.1) is 12.1 Å². The Labute approximate surface area is 171 Å². The average molecular weight is 425 g/mol. The number of aryl methyl sites for hydroxylation is 1. The van der Waals surface area contributed by atoms with Crippen LogP contribution < -0.4 is 5.32 Å². The van der Waals surface area contributed by atoms with E-state index in [0.29, 0.717) is 25.3 Å². The van der Waals surface area contributed by atoms with Gasteiger partial charge in [-0.15, -0.1) is 0 Å². The smallest absolute Gasteiger partial charge is 0.337 e. The van der Waals surface area contributed by atoms with E-state index in [4.69, 9.17) is 4.52 Å². The van der Waals surface area contributed by atoms with E-state index in [1.54, 1.807) is 18.7 Å². The van der Waals surface area contributed by atoms with Crippen LogP contribution in [-0.4, -0.2) is 51.5 Å². The maximum Gasteiger partial charge on any atom is 0.416 e. The van der Waals surface area contributed by atoms with Crippen molar-refractivity contribution in [2.45, 2.75) is 38.9 Å². The van der Waals surface area contributed by atoms with Gasteiger partial charge in [-0.05, 0) is 31.5 Å². The number of carbonyl (C=O) groups is 2. The molecular formula is C19H22F3N5O3. The lowest BCUT2D eigenvalue weighted by atomic mass is 10.2. The highest BCUT2D eigenvalue weighted by atomic mass is 19.4. The number of nitrogens with one attached hydrogen (secondary N) is 1. The predicted molar refractivity (Wildman–Crippen MR) is 100 cm³/mol. The Morgan fingerprint density at radius 2 is 2.07 bits per heavy atom. The summed E-state index contributed by atoms with van der Waals surface area (Å²) in [4.78, 5) is 32.4. The monoisotopic (exact) mass is 425 g/mol. The number of aromatic nitrogens is 2. The van der Waals surface area contributed by atoms with Gasteiger partial charge in [0.1, 0.15) is 6.04 Å². The standard InChI is InChI=1S/C19H22F3N5O3/c1-3-16(28)27-9-5-8-26(11-15(27)17-23-12(2)25-30-17)18(29)24-14-7-4-6-13(10-14)19(20,21)22/h4,6-7,10,15H,3,5,8-9,11H2,1-2H3,(H,24,29). The molecule has 3 rings (SSSR count). The molecule has 2 aromatic rings. The summed E-state index contributed by atoms with van der Waals surface area (Å²) in [6.07, 6.45) is -3.73. The molecule has 8 nitrogen and oxygen atoms in total. The number of benzene rings is 1. The lowest BCUT2D eigenvalue weighted by Crippen LogP contribution is -2.41. The largest absolute Gasteiger partial charge is 0.416 e. The topological polar surface area (TPSA) is 91.6 Å². The second-order valence-corrected chi connectivity index (χ2v) is 6.94. The van der Waals surface area contributed by atoms with Crippen LogP contribution in [0.4, 0.5) is 23.7 Å². The molecule has 0 aliphatic carbocycles. The molecule has 1 aliphatic rings. The maximum absolute atomic E-state index is 12.9. The van der Waals surface area contributed by atoms with E-state index in [-0.39, 0.29) is 30.5 Å². The van der Waals surface area contributed by atoms with Crippen molar-refractivity contribution in [3.63, 3.8) is 0 Å². The Kier molecular flexibility index (Phi) is 6.28. The molecule has 0 bridgehead atoms. The summed E-state index contributed by atoms with van der Waals surface area (Å²) in [7, 11) is 0. The highest BCUT2D eigenvalue weighted by molar-refractivity contribution is 5.89. The number of alkyl halides is 3. The van der Waals surface area contributed by atoms with Crippen molar-refractivity contribution in [3.8, 4) is 0 Å². The van der Waals surface area contributed by atoms with E-state index in [1.165, 1.54) is 17.0 Å². The molecule has 0 spiro atoms. The van der Waals surface area contributed by atoms with E-state index in [9.17, 15) is 22.8 Å². The molecule has 0 radical (unpaired) electrons. The maximum atomic E-state index is 12.9. The molecule has 162 valence electrons. The van der Waals surface area contributed by atoms with Crippen molar-refractivity contribution in [2.75, 3.05) is 25.0 Å². The Bertz CT molecular complexity index is 915. The van der Waals surface area contributed by atoms with Crippen molar-refractivity contribution in [1.82, 2.24) is 19.9 Å². The number of anilines is 1. The van der Waals surface area contributed by atoms with E-state index in [0.717, 1.165) is 12.1 Å². The fraction of sp³-hybridized carbons (Fsp3) is 0.474. The first kappa shape index (κ1) is 21.6. The van der Waals surface area contributed by atoms with Crippen LogP contribution in [0.3, 0.4) is 0 Å². The summed E-state index contributed by atoms with van der Waals surface area (Å²) in [6, 6.07) is 3.23. The lowest BCUT2D eigenvalue weighted by Gasteiger charge is -2.29. The normalized spacial score (nSPS) is 17.6. The summed E-state index contributed by atoms with van der Waals surface area (Å²) >= 11 is 0. The molecule has 0 saturated carbocycles. The molecule has 2 heterocycles. The van der Waals surface area contributed by atoms with Crippen molar-refractivity contribution in [1.29, 1.82) is 0 Å². The minimum absolute atomic E-state index is 0.0331. The van der Waals surface area contributed by atoms with Gasteiger partial charge >= 0.3 is 12.2 Å². The van der Waals surface area contributed by atoms with Crippen LogP contribution in [0, 0.1) is 6.92 Å². The van der Waals surface area contributed by atoms with Gasteiger partial charge in [-0.3, -0.25) is 4.79 Å². The van der Waals surface area contributed by atoms with E-state index < -0.39 is 23.8 Å². The number of nitrogens with zero attached hydrogens (tertiary/aromatic N) is 4. The summed E-state index contributed by atoms with van der Waals surface area (Å²) in [5.74, 6) is 0.502. The first-order chi connectivity index (χ1) is 14.2. The molecule has 11 heteroatoms. The third kappa shape index (κ3) is 4.89. The van der Waals surface area contributed by atoms with Gasteiger partial charge in [-0.1, -0.05) is 18.1 Å². The zero-order valence-corrected chi connectivity index (χ0v) is 16.6. The van der Waals surface area contributed by atoms with Crippen LogP contribution in [0.25, 0.3) is 0 Å². The molecule has 1 unspecified atom stereocenters. The molecule has 1 aromatic carbocycles. The fourth-order valence-electron chi connectivity index (χ4n) is 3.31. The molecule has 30 heavy (non-hydrogen) atoms. The Morgan fingerprint density at radius 3 is 2.70 bits per heavy atom. The molecular weight excluding hydrogens is 403 g/mol. The van der Waals surface area contributed by atoms with Crippen LogP contribution in [0.1, 0.15) is 43.1 Å². The minimum Gasteiger partial charge on any atom is -0.337 e. The number of carbonyl (C=O) groups excluding carboxylic acids is 2. The van der Waals surface area contributed by atoms with Crippen molar-refractivity contribution >= 4 is 17.6 Å². The van der Waals surface area contributed by atoms with Crippen LogP contribution in [0.5, 0.6) is 0 Å². The van der Waals surface area contributed by atoms with Gasteiger partial charge in [-0.2, -0.15) is 18.2 Å². The second-order valence-electron chi connectivity index (χ2n) is 6.94. The molecule has 1 aliphatic heterocycles. The minimum atomic E-state index is -4.51. The van der Waals surface area contributed by atoms with Gasteiger partial charge < -0.3 is 19.6 Å². The quantitative estimate of drug-likeness (QED) is 0.811. The first-order valence-corrected chi connectivity index (χ1v) is 9.52. The fourth-order valence-corrected chi connectivity index (χ4v) is 3.31. The summed E-state index contributed by atoms with van der Waals surface area (Å²) in [5.41, 5.74) is -0.819.